The lowest BCUT2D eigenvalue weighted by atomic mass is 10.1. The number of hydrogen-bond acceptors (Lipinski definition) is 2. The lowest BCUT2D eigenvalue weighted by molar-refractivity contribution is 0.0494. The fraction of sp³-hybridized carbons (Fsp3) is 0.750. The normalized spacial score (nSPS) is 11.3. The van der Waals surface area contributed by atoms with Crippen LogP contribution in [0.5, 0.6) is 0 Å². The Morgan fingerprint density at radius 2 is 1.80 bits per heavy atom. The Kier molecular flexibility index (Phi) is 4.67. The van der Waals surface area contributed by atoms with E-state index in [0.29, 0.717) is 0 Å². The lowest BCUT2D eigenvalue weighted by Crippen LogP contribution is -2.44. The first-order valence-corrected chi connectivity index (χ1v) is 5.17. The first-order valence-electron chi connectivity index (χ1n) is 5.17. The minimum atomic E-state index is -0.543. The minimum Gasteiger partial charge on any atom is -0.444 e. The van der Waals surface area contributed by atoms with E-state index in [0.717, 1.165) is 6.42 Å². The molecular weight excluding hydrogens is 190 g/mol. The van der Waals surface area contributed by atoms with Crippen LogP contribution in [0, 0.1) is 11.8 Å². The van der Waals surface area contributed by atoms with Gasteiger partial charge in [0.1, 0.15) is 5.60 Å². The number of carbonyl (C=O) groups excluding carboxylic acids is 1. The van der Waals surface area contributed by atoms with Crippen molar-refractivity contribution < 1.29 is 9.53 Å². The molecule has 0 saturated carbocycles. The van der Waals surface area contributed by atoms with Crippen LogP contribution < -0.4 is 5.32 Å². The van der Waals surface area contributed by atoms with E-state index in [1.807, 2.05) is 41.5 Å². The van der Waals surface area contributed by atoms with Crippen molar-refractivity contribution in [2.75, 3.05) is 0 Å². The molecule has 0 aliphatic rings. The van der Waals surface area contributed by atoms with Crippen molar-refractivity contribution >= 4 is 6.09 Å². The summed E-state index contributed by atoms with van der Waals surface area (Å²) in [7, 11) is 0. The van der Waals surface area contributed by atoms with E-state index in [9.17, 15) is 4.79 Å². The smallest absolute Gasteiger partial charge is 0.408 e. The maximum Gasteiger partial charge on any atom is 0.408 e. The third kappa shape index (κ3) is 7.87. The molecule has 0 aromatic heterocycles. The molecule has 0 rings (SSSR count). The summed E-state index contributed by atoms with van der Waals surface area (Å²) in [6.07, 6.45) is 0.345. The van der Waals surface area contributed by atoms with Crippen LogP contribution in [0.2, 0.25) is 0 Å². The molecule has 0 radical (unpaired) electrons. The van der Waals surface area contributed by atoms with Crippen LogP contribution in [-0.2, 0) is 4.74 Å². The summed E-state index contributed by atoms with van der Waals surface area (Å²) in [5.74, 6) is 5.90. The molecule has 0 aromatic carbocycles. The molecule has 0 fully saturated rings. The number of ether oxygens (including phenoxy) is 1. The third-order valence-electron chi connectivity index (χ3n) is 1.39. The predicted molar refractivity (Wildman–Crippen MR) is 61.5 cm³/mol. The van der Waals surface area contributed by atoms with Crippen molar-refractivity contribution in [3.63, 3.8) is 0 Å². The van der Waals surface area contributed by atoms with Crippen LogP contribution in [0.15, 0.2) is 0 Å². The maximum atomic E-state index is 11.4. The first kappa shape index (κ1) is 13.8. The number of nitrogens with one attached hydrogen (secondary N) is 1. The van der Waals surface area contributed by atoms with Gasteiger partial charge >= 0.3 is 6.09 Å². The summed E-state index contributed by atoms with van der Waals surface area (Å²) in [6.45, 7) is 11.2. The standard InChI is InChI=1S/C12H21NO2/c1-7-8-9-12(5,6)13-10(14)15-11(2,3)4/h7H2,1-6H3,(H,13,14). The molecule has 0 aliphatic heterocycles. The van der Waals surface area contributed by atoms with Crippen LogP contribution in [0.25, 0.3) is 0 Å². The molecule has 0 spiro atoms. The molecule has 3 nitrogen and oxygen atoms in total. The van der Waals surface area contributed by atoms with Gasteiger partial charge in [0.25, 0.3) is 0 Å². The number of hydrogen-bond donors (Lipinski definition) is 1. The minimum absolute atomic E-state index is 0.432. The zero-order chi connectivity index (χ0) is 12.1. The number of alkyl carbamates (subject to hydrolysis) is 1. The van der Waals surface area contributed by atoms with Gasteiger partial charge in [-0.05, 0) is 34.6 Å². The molecule has 0 saturated heterocycles. The largest absolute Gasteiger partial charge is 0.444 e. The Morgan fingerprint density at radius 3 is 2.20 bits per heavy atom. The van der Waals surface area contributed by atoms with Gasteiger partial charge in [-0.25, -0.2) is 4.79 Å². The Balaban J connectivity index is 4.29. The molecular formula is C12H21NO2. The van der Waals surface area contributed by atoms with E-state index in [1.165, 1.54) is 0 Å². The second kappa shape index (κ2) is 5.06. The van der Waals surface area contributed by atoms with Crippen molar-refractivity contribution in [2.24, 2.45) is 0 Å². The zero-order valence-electron chi connectivity index (χ0n) is 10.5. The van der Waals surface area contributed by atoms with Crippen LogP contribution in [0.3, 0.4) is 0 Å². The van der Waals surface area contributed by atoms with Crippen molar-refractivity contribution in [2.45, 2.75) is 59.1 Å². The average Bonchev–Trinajstić information content (AvgIpc) is 1.95. The van der Waals surface area contributed by atoms with Gasteiger partial charge in [0.15, 0.2) is 0 Å². The van der Waals surface area contributed by atoms with Gasteiger partial charge in [-0.15, -0.1) is 5.92 Å². The summed E-state index contributed by atoms with van der Waals surface area (Å²) in [5, 5.41) is 2.71. The van der Waals surface area contributed by atoms with E-state index < -0.39 is 17.2 Å². The summed E-state index contributed by atoms with van der Waals surface area (Å²) < 4.78 is 5.14. The van der Waals surface area contributed by atoms with E-state index >= 15 is 0 Å². The SMILES string of the molecule is CCC#CC(C)(C)NC(=O)OC(C)(C)C. The highest BCUT2D eigenvalue weighted by molar-refractivity contribution is 5.69. The highest BCUT2D eigenvalue weighted by Crippen LogP contribution is 2.08. The molecule has 0 aliphatic carbocycles. The molecule has 0 bridgehead atoms. The summed E-state index contributed by atoms with van der Waals surface area (Å²) in [5.41, 5.74) is -1.02. The van der Waals surface area contributed by atoms with E-state index in [2.05, 4.69) is 17.2 Å². The molecule has 1 N–H and O–H groups in total. The first-order chi connectivity index (χ1) is 6.66. The van der Waals surface area contributed by atoms with Gasteiger partial charge in [0.05, 0.1) is 5.54 Å². The molecule has 15 heavy (non-hydrogen) atoms. The van der Waals surface area contributed by atoms with Crippen molar-refractivity contribution in [3.05, 3.63) is 0 Å². The molecule has 0 aromatic rings. The molecule has 0 atom stereocenters. The Bertz CT molecular complexity index is 276. The van der Waals surface area contributed by atoms with Gasteiger partial charge in [0, 0.05) is 6.42 Å². The molecule has 3 heteroatoms. The van der Waals surface area contributed by atoms with Crippen molar-refractivity contribution in [3.8, 4) is 11.8 Å². The Hall–Kier alpha value is -1.17. The van der Waals surface area contributed by atoms with Crippen LogP contribution >= 0.6 is 0 Å². The van der Waals surface area contributed by atoms with Crippen LogP contribution in [0.4, 0.5) is 4.79 Å². The fourth-order valence-electron chi connectivity index (χ4n) is 0.899. The predicted octanol–water partition coefficient (Wildman–Crippen LogP) is 2.70. The molecule has 0 heterocycles. The van der Waals surface area contributed by atoms with Gasteiger partial charge in [-0.1, -0.05) is 12.8 Å². The number of amides is 1. The van der Waals surface area contributed by atoms with E-state index in [1.54, 1.807) is 0 Å². The topological polar surface area (TPSA) is 38.3 Å². The zero-order valence-corrected chi connectivity index (χ0v) is 10.5. The lowest BCUT2D eigenvalue weighted by Gasteiger charge is -2.24. The summed E-state index contributed by atoms with van der Waals surface area (Å²) >= 11 is 0. The summed E-state index contributed by atoms with van der Waals surface area (Å²) in [6, 6.07) is 0. The Labute approximate surface area is 92.6 Å². The van der Waals surface area contributed by atoms with Crippen molar-refractivity contribution in [1.82, 2.24) is 5.32 Å². The second-order valence-electron chi connectivity index (χ2n) is 4.91. The maximum absolute atomic E-state index is 11.4. The van der Waals surface area contributed by atoms with Gasteiger partial charge in [0.2, 0.25) is 0 Å². The molecule has 86 valence electrons. The van der Waals surface area contributed by atoms with Gasteiger partial charge in [-0.3, -0.25) is 0 Å². The number of rotatable bonds is 1. The van der Waals surface area contributed by atoms with Gasteiger partial charge < -0.3 is 10.1 Å². The van der Waals surface area contributed by atoms with Crippen LogP contribution in [-0.4, -0.2) is 17.2 Å². The third-order valence-corrected chi connectivity index (χ3v) is 1.39. The second-order valence-corrected chi connectivity index (χ2v) is 4.91. The number of carbonyl (C=O) groups is 1. The van der Waals surface area contributed by atoms with E-state index in [-0.39, 0.29) is 0 Å². The van der Waals surface area contributed by atoms with E-state index in [4.69, 9.17) is 4.74 Å². The Morgan fingerprint density at radius 1 is 1.27 bits per heavy atom. The van der Waals surface area contributed by atoms with Gasteiger partial charge in [-0.2, -0.15) is 0 Å². The summed E-state index contributed by atoms with van der Waals surface area (Å²) in [4.78, 5) is 11.4. The average molecular weight is 211 g/mol. The molecule has 0 unspecified atom stereocenters. The fourth-order valence-corrected chi connectivity index (χ4v) is 0.899. The quantitative estimate of drug-likeness (QED) is 0.677. The van der Waals surface area contributed by atoms with Crippen molar-refractivity contribution in [1.29, 1.82) is 0 Å². The molecule has 1 amide bonds. The van der Waals surface area contributed by atoms with Crippen LogP contribution in [0.1, 0.15) is 48.0 Å². The highest BCUT2D eigenvalue weighted by Gasteiger charge is 2.22. The monoisotopic (exact) mass is 211 g/mol. The highest BCUT2D eigenvalue weighted by atomic mass is 16.6.